The molecule has 1 saturated carbocycles. The minimum atomic E-state index is -3.80. The number of aromatic nitrogens is 3. The summed E-state index contributed by atoms with van der Waals surface area (Å²) in [4.78, 5) is 19.4. The zero-order chi connectivity index (χ0) is 26.2. The van der Waals surface area contributed by atoms with Gasteiger partial charge in [0.2, 0.25) is 10.0 Å². The Morgan fingerprint density at radius 3 is 2.49 bits per heavy atom. The molecule has 0 radical (unpaired) electrons. The van der Waals surface area contributed by atoms with Gasteiger partial charge in [0.1, 0.15) is 18.1 Å². The van der Waals surface area contributed by atoms with Gasteiger partial charge in [0, 0.05) is 31.6 Å². The fraction of sp³-hybridized carbons (Fsp3) is 0.458. The first-order chi connectivity index (χ1) is 17.6. The molecule has 1 saturated heterocycles. The number of rotatable bonds is 8. The third kappa shape index (κ3) is 5.78. The van der Waals surface area contributed by atoms with E-state index in [9.17, 15) is 21.6 Å². The van der Waals surface area contributed by atoms with E-state index in [1.165, 1.54) is 6.07 Å². The van der Waals surface area contributed by atoms with Crippen LogP contribution in [0.3, 0.4) is 0 Å². The predicted molar refractivity (Wildman–Crippen MR) is 138 cm³/mol. The van der Waals surface area contributed by atoms with Crippen molar-refractivity contribution < 1.29 is 26.4 Å². The number of amides is 1. The Kier molecular flexibility index (Phi) is 6.94. The van der Waals surface area contributed by atoms with Gasteiger partial charge in [-0.3, -0.25) is 9.69 Å². The van der Waals surface area contributed by atoms with E-state index in [2.05, 4.69) is 4.98 Å². The number of benzene rings is 1. The quantitative estimate of drug-likeness (QED) is 0.444. The molecule has 1 aliphatic carbocycles. The number of nitrogens with one attached hydrogen (secondary N) is 1. The van der Waals surface area contributed by atoms with E-state index < -0.39 is 25.8 Å². The average molecular weight is 548 g/mol. The lowest BCUT2D eigenvalue weighted by molar-refractivity contribution is 0.0976. The molecule has 1 aliphatic heterocycles. The summed E-state index contributed by atoms with van der Waals surface area (Å²) < 4.78 is 56.8. The highest BCUT2D eigenvalue weighted by Crippen LogP contribution is 2.42. The normalized spacial score (nSPS) is 18.4. The number of fused-ring (bicyclic) bond motifs is 1. The van der Waals surface area contributed by atoms with Gasteiger partial charge in [-0.1, -0.05) is 24.6 Å². The maximum absolute atomic E-state index is 12.8. The zero-order valence-electron chi connectivity index (χ0n) is 20.5. The molecule has 2 aromatic heterocycles. The standard InChI is InChI=1S/C24H29N5O6S2/c1-36(31,32)27-24(30)19-16-20(35-13-10-28-11-14-37(33,34)15-12-28)21-22(17-6-5-7-17)26-29(23(21)25-19)18-8-3-2-4-9-18/h2-4,8-9,16-17H,5-7,10-15H2,1H3,(H,27,30). The van der Waals surface area contributed by atoms with Crippen LogP contribution in [0.25, 0.3) is 16.7 Å². The fourth-order valence-corrected chi connectivity index (χ4v) is 6.25. The number of carbonyl (C=O) groups excluding carboxylic acids is 1. The number of ether oxygens (including phenoxy) is 1. The van der Waals surface area contributed by atoms with E-state index in [0.29, 0.717) is 36.4 Å². The van der Waals surface area contributed by atoms with Crippen LogP contribution in [-0.2, 0) is 19.9 Å². The molecule has 2 aliphatic rings. The van der Waals surface area contributed by atoms with Crippen molar-refractivity contribution in [2.75, 3.05) is 44.0 Å². The van der Waals surface area contributed by atoms with Crippen molar-refractivity contribution in [2.24, 2.45) is 0 Å². The summed E-state index contributed by atoms with van der Waals surface area (Å²) in [6, 6.07) is 10.9. The minimum Gasteiger partial charge on any atom is -0.491 e. The number of hydrogen-bond donors (Lipinski definition) is 1. The van der Waals surface area contributed by atoms with Crippen LogP contribution in [-0.4, -0.2) is 86.4 Å². The summed E-state index contributed by atoms with van der Waals surface area (Å²) in [5.41, 5.74) is 1.90. The second-order valence-electron chi connectivity index (χ2n) is 9.51. The summed E-state index contributed by atoms with van der Waals surface area (Å²) in [6.45, 7) is 1.65. The lowest BCUT2D eigenvalue weighted by atomic mass is 9.82. The van der Waals surface area contributed by atoms with Gasteiger partial charge in [0.05, 0.1) is 34.5 Å². The first kappa shape index (κ1) is 25.6. The Balaban J connectivity index is 1.54. The highest BCUT2D eigenvalue weighted by molar-refractivity contribution is 7.91. The molecule has 2 fully saturated rings. The molecule has 198 valence electrons. The Morgan fingerprint density at radius 2 is 1.86 bits per heavy atom. The average Bonchev–Trinajstić information content (AvgIpc) is 3.17. The molecule has 0 unspecified atom stereocenters. The van der Waals surface area contributed by atoms with Crippen LogP contribution < -0.4 is 9.46 Å². The predicted octanol–water partition coefficient (Wildman–Crippen LogP) is 1.49. The van der Waals surface area contributed by atoms with Crippen molar-refractivity contribution in [3.63, 3.8) is 0 Å². The Labute approximate surface area is 215 Å². The maximum atomic E-state index is 12.8. The van der Waals surface area contributed by atoms with E-state index in [1.807, 2.05) is 40.0 Å². The van der Waals surface area contributed by atoms with Gasteiger partial charge in [-0.2, -0.15) is 5.10 Å². The van der Waals surface area contributed by atoms with E-state index in [-0.39, 0.29) is 29.7 Å². The molecule has 11 nitrogen and oxygen atoms in total. The number of nitrogens with zero attached hydrogens (tertiary/aromatic N) is 4. The SMILES string of the molecule is CS(=O)(=O)NC(=O)c1cc(OCCN2CCS(=O)(=O)CC2)c2c(C3CCC3)nn(-c3ccccc3)c2n1. The molecule has 1 amide bonds. The lowest BCUT2D eigenvalue weighted by Crippen LogP contribution is -2.42. The van der Waals surface area contributed by atoms with Crippen LogP contribution in [0, 0.1) is 0 Å². The summed E-state index contributed by atoms with van der Waals surface area (Å²) in [6.07, 6.45) is 3.97. The first-order valence-corrected chi connectivity index (χ1v) is 15.9. The summed E-state index contributed by atoms with van der Waals surface area (Å²) in [7, 11) is -6.78. The van der Waals surface area contributed by atoms with Gasteiger partial charge in [0.25, 0.3) is 5.91 Å². The smallest absolute Gasteiger partial charge is 0.283 e. The Bertz CT molecular complexity index is 1520. The topological polar surface area (TPSA) is 141 Å². The van der Waals surface area contributed by atoms with E-state index in [0.717, 1.165) is 36.9 Å². The summed E-state index contributed by atoms with van der Waals surface area (Å²) >= 11 is 0. The second kappa shape index (κ2) is 10.0. The van der Waals surface area contributed by atoms with Crippen molar-refractivity contribution in [3.8, 4) is 11.4 Å². The number of pyridine rings is 1. The summed E-state index contributed by atoms with van der Waals surface area (Å²) in [5, 5.41) is 5.58. The number of sulfone groups is 1. The second-order valence-corrected chi connectivity index (χ2v) is 13.6. The maximum Gasteiger partial charge on any atom is 0.283 e. The lowest BCUT2D eigenvalue weighted by Gasteiger charge is -2.26. The van der Waals surface area contributed by atoms with E-state index in [1.54, 1.807) is 4.68 Å². The summed E-state index contributed by atoms with van der Waals surface area (Å²) in [5.74, 6) is 0.0224. The fourth-order valence-electron chi connectivity index (χ4n) is 4.53. The van der Waals surface area contributed by atoms with Crippen LogP contribution in [0.1, 0.15) is 41.4 Å². The van der Waals surface area contributed by atoms with Crippen molar-refractivity contribution in [2.45, 2.75) is 25.2 Å². The highest BCUT2D eigenvalue weighted by atomic mass is 32.2. The van der Waals surface area contributed by atoms with Crippen LogP contribution >= 0.6 is 0 Å². The van der Waals surface area contributed by atoms with Crippen molar-refractivity contribution >= 4 is 36.8 Å². The molecule has 3 heterocycles. The zero-order valence-corrected chi connectivity index (χ0v) is 22.1. The minimum absolute atomic E-state index is 0.103. The van der Waals surface area contributed by atoms with Crippen LogP contribution in [0.5, 0.6) is 5.75 Å². The van der Waals surface area contributed by atoms with Crippen molar-refractivity contribution in [3.05, 3.63) is 47.8 Å². The third-order valence-corrected chi connectivity index (χ3v) is 8.90. The van der Waals surface area contributed by atoms with Crippen molar-refractivity contribution in [1.82, 2.24) is 24.4 Å². The number of sulfonamides is 1. The van der Waals surface area contributed by atoms with Crippen LogP contribution in [0.15, 0.2) is 36.4 Å². The molecule has 3 aromatic rings. The molecular formula is C24H29N5O6S2. The highest BCUT2D eigenvalue weighted by Gasteiger charge is 2.30. The van der Waals surface area contributed by atoms with Gasteiger partial charge in [-0.25, -0.2) is 31.2 Å². The molecule has 5 rings (SSSR count). The molecular weight excluding hydrogens is 518 g/mol. The van der Waals surface area contributed by atoms with Gasteiger partial charge in [0.15, 0.2) is 15.5 Å². The molecule has 1 aromatic carbocycles. The Morgan fingerprint density at radius 1 is 1.16 bits per heavy atom. The van der Waals surface area contributed by atoms with Crippen LogP contribution in [0.4, 0.5) is 0 Å². The van der Waals surface area contributed by atoms with Gasteiger partial charge < -0.3 is 4.74 Å². The monoisotopic (exact) mass is 547 g/mol. The molecule has 1 N–H and O–H groups in total. The van der Waals surface area contributed by atoms with E-state index >= 15 is 0 Å². The van der Waals surface area contributed by atoms with Gasteiger partial charge in [-0.15, -0.1) is 0 Å². The molecule has 0 bridgehead atoms. The number of hydrogen-bond acceptors (Lipinski definition) is 9. The number of carbonyl (C=O) groups is 1. The van der Waals surface area contributed by atoms with Gasteiger partial charge in [-0.05, 0) is 25.0 Å². The molecule has 37 heavy (non-hydrogen) atoms. The van der Waals surface area contributed by atoms with Crippen molar-refractivity contribution in [1.29, 1.82) is 0 Å². The molecule has 0 atom stereocenters. The van der Waals surface area contributed by atoms with E-state index in [4.69, 9.17) is 9.84 Å². The number of para-hydroxylation sites is 1. The largest absolute Gasteiger partial charge is 0.491 e. The van der Waals surface area contributed by atoms with Gasteiger partial charge >= 0.3 is 0 Å². The Hall–Kier alpha value is -3.03. The first-order valence-electron chi connectivity index (χ1n) is 12.2. The van der Waals surface area contributed by atoms with Crippen LogP contribution in [0.2, 0.25) is 0 Å². The molecule has 0 spiro atoms. The molecule has 13 heteroatoms. The third-order valence-electron chi connectivity index (χ3n) is 6.73.